The van der Waals surface area contributed by atoms with E-state index in [1.165, 1.54) is 11.0 Å². The van der Waals surface area contributed by atoms with Gasteiger partial charge in [0.15, 0.2) is 0 Å². The maximum Gasteiger partial charge on any atom is 0.287 e. The number of carbonyl (C=O) groups excluding carboxylic acids is 1. The molecule has 0 atom stereocenters. The van der Waals surface area contributed by atoms with Crippen molar-refractivity contribution in [1.29, 1.82) is 5.26 Å². The number of nitriles is 1. The van der Waals surface area contributed by atoms with Crippen molar-refractivity contribution >= 4 is 11.6 Å². The van der Waals surface area contributed by atoms with Crippen molar-refractivity contribution in [3.8, 4) is 6.07 Å². The van der Waals surface area contributed by atoms with Crippen molar-refractivity contribution in [2.75, 3.05) is 26.3 Å². The maximum atomic E-state index is 11.3. The highest BCUT2D eigenvalue weighted by molar-refractivity contribution is 6.44. The van der Waals surface area contributed by atoms with Crippen LogP contribution in [0.1, 0.15) is 0 Å². The first-order chi connectivity index (χ1) is 6.29. The molecule has 0 saturated carbocycles. The van der Waals surface area contributed by atoms with Crippen LogP contribution in [0, 0.1) is 11.3 Å². The van der Waals surface area contributed by atoms with E-state index in [0.29, 0.717) is 26.3 Å². The molecule has 1 N–H and O–H groups in total. The van der Waals surface area contributed by atoms with Crippen molar-refractivity contribution in [3.63, 3.8) is 0 Å². The quantitative estimate of drug-likeness (QED) is 0.327. The van der Waals surface area contributed by atoms with Crippen molar-refractivity contribution in [2.45, 2.75) is 0 Å². The topological polar surface area (TPSA) is 85.9 Å². The average molecular weight is 183 g/mol. The van der Waals surface area contributed by atoms with Gasteiger partial charge >= 0.3 is 0 Å². The molecule has 1 rings (SSSR count). The fourth-order valence-corrected chi connectivity index (χ4v) is 1.03. The number of oxime groups is 1. The summed E-state index contributed by atoms with van der Waals surface area (Å²) in [5, 5.41) is 19.3. The number of amides is 1. The molecule has 0 aromatic heterocycles. The van der Waals surface area contributed by atoms with E-state index in [-0.39, 0.29) is 0 Å². The SMILES string of the molecule is N#CC(=NO)C(=O)N1CCOCC1. The Morgan fingerprint density at radius 3 is 2.62 bits per heavy atom. The molecular weight excluding hydrogens is 174 g/mol. The summed E-state index contributed by atoms with van der Waals surface area (Å²) < 4.78 is 5.02. The van der Waals surface area contributed by atoms with Crippen molar-refractivity contribution < 1.29 is 14.7 Å². The molecule has 1 heterocycles. The lowest BCUT2D eigenvalue weighted by atomic mass is 10.3. The zero-order valence-corrected chi connectivity index (χ0v) is 6.93. The Kier molecular flexibility index (Phi) is 3.23. The van der Waals surface area contributed by atoms with Crippen LogP contribution in [0.3, 0.4) is 0 Å². The first kappa shape index (κ1) is 9.48. The van der Waals surface area contributed by atoms with Crippen LogP contribution in [-0.4, -0.2) is 48.0 Å². The van der Waals surface area contributed by atoms with Gasteiger partial charge in [0.05, 0.1) is 13.2 Å². The van der Waals surface area contributed by atoms with Gasteiger partial charge in [-0.1, -0.05) is 5.16 Å². The summed E-state index contributed by atoms with van der Waals surface area (Å²) in [4.78, 5) is 12.7. The van der Waals surface area contributed by atoms with E-state index in [9.17, 15) is 4.79 Å². The van der Waals surface area contributed by atoms with E-state index in [1.807, 2.05) is 0 Å². The smallest absolute Gasteiger partial charge is 0.287 e. The molecule has 70 valence electrons. The standard InChI is InChI=1S/C7H9N3O3/c8-5-6(9-12)7(11)10-1-3-13-4-2-10/h12H,1-4H2. The van der Waals surface area contributed by atoms with Gasteiger partial charge in [0.25, 0.3) is 5.91 Å². The van der Waals surface area contributed by atoms with Crippen LogP contribution < -0.4 is 0 Å². The van der Waals surface area contributed by atoms with E-state index < -0.39 is 11.6 Å². The van der Waals surface area contributed by atoms with Gasteiger partial charge in [0.2, 0.25) is 5.71 Å². The maximum absolute atomic E-state index is 11.3. The zero-order valence-electron chi connectivity index (χ0n) is 6.93. The normalized spacial score (nSPS) is 18.1. The number of carbonyl (C=O) groups is 1. The number of morpholine rings is 1. The van der Waals surface area contributed by atoms with Crippen LogP contribution >= 0.6 is 0 Å². The van der Waals surface area contributed by atoms with Gasteiger partial charge in [-0.2, -0.15) is 5.26 Å². The molecule has 1 fully saturated rings. The van der Waals surface area contributed by atoms with Crippen LogP contribution in [-0.2, 0) is 9.53 Å². The summed E-state index contributed by atoms with van der Waals surface area (Å²) in [5.41, 5.74) is -0.484. The Balaban J connectivity index is 2.61. The summed E-state index contributed by atoms with van der Waals surface area (Å²) in [7, 11) is 0. The van der Waals surface area contributed by atoms with Crippen LogP contribution in [0.5, 0.6) is 0 Å². The van der Waals surface area contributed by atoms with Gasteiger partial charge in [-0.05, 0) is 0 Å². The number of hydrogen-bond donors (Lipinski definition) is 1. The number of rotatable bonds is 1. The monoisotopic (exact) mass is 183 g/mol. The van der Waals surface area contributed by atoms with Gasteiger partial charge in [0, 0.05) is 13.1 Å². The molecule has 6 heteroatoms. The first-order valence-electron chi connectivity index (χ1n) is 3.78. The second kappa shape index (κ2) is 4.42. The minimum atomic E-state index is -0.548. The lowest BCUT2D eigenvalue weighted by Gasteiger charge is -2.25. The minimum absolute atomic E-state index is 0.430. The Bertz CT molecular complexity index is 263. The van der Waals surface area contributed by atoms with E-state index >= 15 is 0 Å². The second-order valence-electron chi connectivity index (χ2n) is 2.46. The van der Waals surface area contributed by atoms with Gasteiger partial charge in [0.1, 0.15) is 6.07 Å². The van der Waals surface area contributed by atoms with E-state index in [1.54, 1.807) is 0 Å². The molecule has 0 aliphatic carbocycles. The van der Waals surface area contributed by atoms with Crippen LogP contribution in [0.15, 0.2) is 5.16 Å². The second-order valence-corrected chi connectivity index (χ2v) is 2.46. The highest BCUT2D eigenvalue weighted by atomic mass is 16.5. The summed E-state index contributed by atoms with van der Waals surface area (Å²) >= 11 is 0. The largest absolute Gasteiger partial charge is 0.410 e. The molecule has 0 radical (unpaired) electrons. The molecule has 1 amide bonds. The third-order valence-electron chi connectivity index (χ3n) is 1.71. The molecule has 0 aromatic carbocycles. The minimum Gasteiger partial charge on any atom is -0.410 e. The molecule has 0 bridgehead atoms. The van der Waals surface area contributed by atoms with E-state index in [2.05, 4.69) is 5.16 Å². The van der Waals surface area contributed by atoms with Crippen molar-refractivity contribution in [1.82, 2.24) is 4.90 Å². The molecule has 13 heavy (non-hydrogen) atoms. The summed E-state index contributed by atoms with van der Waals surface area (Å²) in [6.45, 7) is 1.77. The molecule has 1 aliphatic heterocycles. The molecule has 0 spiro atoms. The molecule has 0 unspecified atom stereocenters. The highest BCUT2D eigenvalue weighted by Crippen LogP contribution is 1.98. The average Bonchev–Trinajstić information content (AvgIpc) is 2.21. The Hall–Kier alpha value is -1.61. The third-order valence-corrected chi connectivity index (χ3v) is 1.71. The Labute approximate surface area is 75.0 Å². The fraction of sp³-hybridized carbons (Fsp3) is 0.571. The van der Waals surface area contributed by atoms with Gasteiger partial charge in [-0.3, -0.25) is 4.79 Å². The highest BCUT2D eigenvalue weighted by Gasteiger charge is 2.21. The summed E-state index contributed by atoms with van der Waals surface area (Å²) in [6, 6.07) is 1.52. The summed E-state index contributed by atoms with van der Waals surface area (Å²) in [5.74, 6) is -0.548. The molecule has 1 saturated heterocycles. The van der Waals surface area contributed by atoms with Crippen molar-refractivity contribution in [2.24, 2.45) is 5.16 Å². The molecule has 1 aliphatic rings. The van der Waals surface area contributed by atoms with E-state index in [4.69, 9.17) is 15.2 Å². The summed E-state index contributed by atoms with van der Waals surface area (Å²) in [6.07, 6.45) is 0. The van der Waals surface area contributed by atoms with E-state index in [0.717, 1.165) is 0 Å². The van der Waals surface area contributed by atoms with Crippen LogP contribution in [0.4, 0.5) is 0 Å². The zero-order chi connectivity index (χ0) is 9.68. The third kappa shape index (κ3) is 2.16. The number of nitrogens with zero attached hydrogens (tertiary/aromatic N) is 3. The van der Waals surface area contributed by atoms with Crippen LogP contribution in [0.25, 0.3) is 0 Å². The fourth-order valence-electron chi connectivity index (χ4n) is 1.03. The number of ether oxygens (including phenoxy) is 1. The van der Waals surface area contributed by atoms with Gasteiger partial charge < -0.3 is 14.8 Å². The lowest BCUT2D eigenvalue weighted by Crippen LogP contribution is -2.43. The molecule has 0 aromatic rings. The Morgan fingerprint density at radius 2 is 2.15 bits per heavy atom. The van der Waals surface area contributed by atoms with Crippen LogP contribution in [0.2, 0.25) is 0 Å². The predicted octanol–water partition coefficient (Wildman–Crippen LogP) is -0.801. The lowest BCUT2D eigenvalue weighted by molar-refractivity contribution is -0.128. The first-order valence-corrected chi connectivity index (χ1v) is 3.78. The molecular formula is C7H9N3O3. The predicted molar refractivity (Wildman–Crippen MR) is 42.2 cm³/mol. The van der Waals surface area contributed by atoms with Crippen molar-refractivity contribution in [3.05, 3.63) is 0 Å². The molecule has 6 nitrogen and oxygen atoms in total. The van der Waals surface area contributed by atoms with Gasteiger partial charge in [-0.15, -0.1) is 0 Å². The Morgan fingerprint density at radius 1 is 1.54 bits per heavy atom. The van der Waals surface area contributed by atoms with Gasteiger partial charge in [-0.25, -0.2) is 0 Å². The number of hydrogen-bond acceptors (Lipinski definition) is 5.